The largest absolute Gasteiger partial charge is 0.392 e. The SMILES string of the molecule is CCc1nc2c(C)cc(CC(O)C(C)C)nc2n1C1CCc2cc(-c3ccccc3-c3nn[nH]n3)ccc21. The Kier molecular flexibility index (Phi) is 6.27. The number of aliphatic hydroxyl groups is 1. The molecule has 0 bridgehead atoms. The second-order valence-electron chi connectivity index (χ2n) is 10.6. The number of aliphatic hydroxyl groups excluding tert-OH is 1. The summed E-state index contributed by atoms with van der Waals surface area (Å²) in [4.78, 5) is 10.1. The summed E-state index contributed by atoms with van der Waals surface area (Å²) in [5.74, 6) is 1.84. The van der Waals surface area contributed by atoms with E-state index in [0.29, 0.717) is 12.2 Å². The van der Waals surface area contributed by atoms with E-state index in [1.54, 1.807) is 0 Å². The highest BCUT2D eigenvalue weighted by molar-refractivity contribution is 5.81. The number of tetrazole rings is 1. The minimum atomic E-state index is -0.415. The number of rotatable bonds is 7. The van der Waals surface area contributed by atoms with Crippen LogP contribution in [0.25, 0.3) is 33.7 Å². The monoisotopic (exact) mass is 507 g/mol. The van der Waals surface area contributed by atoms with Gasteiger partial charge in [-0.15, -0.1) is 10.2 Å². The lowest BCUT2D eigenvalue weighted by Crippen LogP contribution is -2.19. The summed E-state index contributed by atoms with van der Waals surface area (Å²) in [7, 11) is 0. The van der Waals surface area contributed by atoms with Crippen LogP contribution >= 0.6 is 0 Å². The number of aromatic nitrogens is 7. The molecule has 8 nitrogen and oxygen atoms in total. The van der Waals surface area contributed by atoms with Crippen molar-refractivity contribution < 1.29 is 5.11 Å². The van der Waals surface area contributed by atoms with E-state index in [1.165, 1.54) is 11.1 Å². The van der Waals surface area contributed by atoms with Crippen molar-refractivity contribution in [1.82, 2.24) is 35.2 Å². The summed E-state index contributed by atoms with van der Waals surface area (Å²) >= 11 is 0. The number of imidazole rings is 1. The molecule has 2 atom stereocenters. The zero-order valence-electron chi connectivity index (χ0n) is 22.3. The second kappa shape index (κ2) is 9.76. The highest BCUT2D eigenvalue weighted by Gasteiger charge is 2.29. The van der Waals surface area contributed by atoms with Gasteiger partial charge in [-0.3, -0.25) is 0 Å². The molecule has 0 amide bonds. The lowest BCUT2D eigenvalue weighted by Gasteiger charge is -2.19. The maximum Gasteiger partial charge on any atom is 0.205 e. The van der Waals surface area contributed by atoms with Crippen molar-refractivity contribution in [3.8, 4) is 22.5 Å². The van der Waals surface area contributed by atoms with Crippen molar-refractivity contribution >= 4 is 11.2 Å². The molecule has 2 aromatic carbocycles. The molecule has 2 unspecified atom stereocenters. The molecule has 0 spiro atoms. The molecule has 38 heavy (non-hydrogen) atoms. The average molecular weight is 508 g/mol. The molecule has 5 aromatic rings. The van der Waals surface area contributed by atoms with E-state index >= 15 is 0 Å². The molecule has 0 fully saturated rings. The first-order valence-corrected chi connectivity index (χ1v) is 13.5. The Balaban J connectivity index is 1.42. The molecule has 3 heterocycles. The van der Waals surface area contributed by atoms with Crippen molar-refractivity contribution in [2.24, 2.45) is 5.92 Å². The van der Waals surface area contributed by atoms with Crippen molar-refractivity contribution in [2.45, 2.75) is 65.5 Å². The Labute approximate surface area is 222 Å². The van der Waals surface area contributed by atoms with Crippen LogP contribution in [0.4, 0.5) is 0 Å². The first kappa shape index (κ1) is 24.4. The van der Waals surface area contributed by atoms with Crippen LogP contribution in [0.2, 0.25) is 0 Å². The number of hydrogen-bond acceptors (Lipinski definition) is 6. The topological polar surface area (TPSA) is 105 Å². The highest BCUT2D eigenvalue weighted by Crippen LogP contribution is 2.40. The van der Waals surface area contributed by atoms with E-state index in [-0.39, 0.29) is 12.0 Å². The van der Waals surface area contributed by atoms with Gasteiger partial charge in [0.1, 0.15) is 11.3 Å². The number of aromatic amines is 1. The highest BCUT2D eigenvalue weighted by atomic mass is 16.3. The molecule has 2 N–H and O–H groups in total. The van der Waals surface area contributed by atoms with Gasteiger partial charge in [-0.05, 0) is 64.8 Å². The van der Waals surface area contributed by atoms with Gasteiger partial charge in [-0.2, -0.15) is 5.21 Å². The van der Waals surface area contributed by atoms with Gasteiger partial charge in [-0.25, -0.2) is 9.97 Å². The normalized spacial score (nSPS) is 15.9. The number of hydrogen-bond donors (Lipinski definition) is 2. The van der Waals surface area contributed by atoms with Gasteiger partial charge in [0, 0.05) is 24.1 Å². The van der Waals surface area contributed by atoms with E-state index in [4.69, 9.17) is 9.97 Å². The number of pyridine rings is 1. The fourth-order valence-corrected chi connectivity index (χ4v) is 5.70. The lowest BCUT2D eigenvalue weighted by atomic mass is 9.96. The summed E-state index contributed by atoms with van der Waals surface area (Å²) in [6.45, 7) is 8.34. The summed E-state index contributed by atoms with van der Waals surface area (Å²) in [6.07, 6.45) is 2.96. The Morgan fingerprint density at radius 1 is 1.08 bits per heavy atom. The van der Waals surface area contributed by atoms with Gasteiger partial charge in [0.15, 0.2) is 5.65 Å². The Morgan fingerprint density at radius 2 is 1.89 bits per heavy atom. The number of aryl methyl sites for hydroxylation is 3. The van der Waals surface area contributed by atoms with Gasteiger partial charge in [0.25, 0.3) is 0 Å². The molecule has 1 aliphatic rings. The molecule has 8 heteroatoms. The molecule has 6 rings (SSSR count). The first-order chi connectivity index (χ1) is 18.4. The van der Waals surface area contributed by atoms with E-state index in [9.17, 15) is 5.11 Å². The summed E-state index contributed by atoms with van der Waals surface area (Å²) < 4.78 is 2.35. The average Bonchev–Trinajstić information content (AvgIpc) is 3.67. The summed E-state index contributed by atoms with van der Waals surface area (Å²) in [5, 5.41) is 25.2. The van der Waals surface area contributed by atoms with E-state index in [2.05, 4.69) is 69.4 Å². The third-order valence-electron chi connectivity index (χ3n) is 7.79. The Morgan fingerprint density at radius 3 is 2.63 bits per heavy atom. The molecule has 194 valence electrons. The molecule has 0 radical (unpaired) electrons. The fourth-order valence-electron chi connectivity index (χ4n) is 5.70. The zero-order valence-corrected chi connectivity index (χ0v) is 22.3. The number of fused-ring (bicyclic) bond motifs is 2. The smallest absolute Gasteiger partial charge is 0.205 e. The van der Waals surface area contributed by atoms with Crippen molar-refractivity contribution in [1.29, 1.82) is 0 Å². The van der Waals surface area contributed by atoms with Crippen LogP contribution in [-0.4, -0.2) is 46.4 Å². The van der Waals surface area contributed by atoms with Crippen LogP contribution in [0, 0.1) is 12.8 Å². The van der Waals surface area contributed by atoms with Crippen LogP contribution in [0.1, 0.15) is 61.4 Å². The molecule has 0 aliphatic heterocycles. The van der Waals surface area contributed by atoms with E-state index in [1.807, 2.05) is 32.0 Å². The molecular weight excluding hydrogens is 474 g/mol. The number of benzene rings is 2. The maximum atomic E-state index is 10.5. The van der Waals surface area contributed by atoms with Crippen LogP contribution in [-0.2, 0) is 19.3 Å². The van der Waals surface area contributed by atoms with Gasteiger partial charge in [0.05, 0.1) is 12.1 Å². The lowest BCUT2D eigenvalue weighted by molar-refractivity contribution is 0.125. The van der Waals surface area contributed by atoms with Crippen molar-refractivity contribution in [3.63, 3.8) is 0 Å². The van der Waals surface area contributed by atoms with Gasteiger partial charge in [0.2, 0.25) is 5.82 Å². The predicted molar refractivity (Wildman–Crippen MR) is 148 cm³/mol. The summed E-state index contributed by atoms with van der Waals surface area (Å²) in [5.41, 5.74) is 9.80. The van der Waals surface area contributed by atoms with Crippen LogP contribution in [0.3, 0.4) is 0 Å². The third kappa shape index (κ3) is 4.19. The minimum Gasteiger partial charge on any atom is -0.392 e. The van der Waals surface area contributed by atoms with Crippen molar-refractivity contribution in [3.05, 3.63) is 76.7 Å². The molecule has 1 aliphatic carbocycles. The molecule has 3 aromatic heterocycles. The van der Waals surface area contributed by atoms with E-state index in [0.717, 1.165) is 64.2 Å². The zero-order chi connectivity index (χ0) is 26.4. The summed E-state index contributed by atoms with van der Waals surface area (Å²) in [6, 6.07) is 17.2. The van der Waals surface area contributed by atoms with Gasteiger partial charge < -0.3 is 9.67 Å². The predicted octanol–water partition coefficient (Wildman–Crippen LogP) is 5.24. The van der Waals surface area contributed by atoms with Crippen LogP contribution < -0.4 is 0 Å². The van der Waals surface area contributed by atoms with Gasteiger partial charge in [-0.1, -0.05) is 63.2 Å². The first-order valence-electron chi connectivity index (χ1n) is 13.5. The Bertz CT molecular complexity index is 1600. The molecule has 0 saturated carbocycles. The number of H-pyrrole nitrogens is 1. The van der Waals surface area contributed by atoms with Crippen LogP contribution in [0.5, 0.6) is 0 Å². The van der Waals surface area contributed by atoms with Crippen molar-refractivity contribution in [2.75, 3.05) is 0 Å². The standard InChI is InChI=1S/C30H33N7O/c1-5-27-32-28-18(4)14-21(16-26(38)17(2)3)31-30(28)37(27)25-13-11-20-15-19(10-12-23(20)25)22-8-6-7-9-24(22)29-33-35-36-34-29/h6-10,12,14-15,17,25-26,38H,5,11,13,16H2,1-4H3,(H,33,34,35,36). The quantitative estimate of drug-likeness (QED) is 0.312. The molecular formula is C30H33N7O. The molecule has 0 saturated heterocycles. The minimum absolute atomic E-state index is 0.184. The number of nitrogens with one attached hydrogen (secondary N) is 1. The maximum absolute atomic E-state index is 10.5. The van der Waals surface area contributed by atoms with Gasteiger partial charge >= 0.3 is 0 Å². The van der Waals surface area contributed by atoms with E-state index < -0.39 is 6.10 Å². The fraction of sp³-hybridized carbons (Fsp3) is 0.367. The Hall–Kier alpha value is -3.91. The second-order valence-corrected chi connectivity index (χ2v) is 10.6. The van der Waals surface area contributed by atoms with Crippen LogP contribution in [0.15, 0.2) is 48.5 Å². The third-order valence-corrected chi connectivity index (χ3v) is 7.79. The number of nitrogens with zero attached hydrogens (tertiary/aromatic N) is 6.